The predicted octanol–water partition coefficient (Wildman–Crippen LogP) is -2.72. The molecular formula is C13H18N2O7. The molecule has 0 aliphatic rings. The summed E-state index contributed by atoms with van der Waals surface area (Å²) in [6, 6.07) is 6.17. The van der Waals surface area contributed by atoms with Gasteiger partial charge in [-0.2, -0.15) is 5.10 Å². The maximum Gasteiger partial charge on any atom is 0.271 e. The fraction of sp³-hybridized carbons (Fsp3) is 0.385. The van der Waals surface area contributed by atoms with Gasteiger partial charge >= 0.3 is 0 Å². The van der Waals surface area contributed by atoms with Crippen LogP contribution in [0.15, 0.2) is 29.4 Å². The highest BCUT2D eigenvalue weighted by Crippen LogP contribution is 2.12. The van der Waals surface area contributed by atoms with Gasteiger partial charge in [0.1, 0.15) is 24.1 Å². The highest BCUT2D eigenvalue weighted by molar-refractivity contribution is 5.86. The van der Waals surface area contributed by atoms with Gasteiger partial charge in [0, 0.05) is 5.56 Å². The Labute approximate surface area is 125 Å². The van der Waals surface area contributed by atoms with E-state index in [2.05, 4.69) is 5.10 Å². The lowest BCUT2D eigenvalue weighted by Crippen LogP contribution is -2.50. The highest BCUT2D eigenvalue weighted by Gasteiger charge is 2.34. The van der Waals surface area contributed by atoms with E-state index in [0.717, 1.165) is 6.21 Å². The van der Waals surface area contributed by atoms with Gasteiger partial charge in [0.25, 0.3) is 5.91 Å². The van der Waals surface area contributed by atoms with Crippen LogP contribution >= 0.6 is 0 Å². The van der Waals surface area contributed by atoms with Crippen molar-refractivity contribution in [1.82, 2.24) is 5.43 Å². The van der Waals surface area contributed by atoms with E-state index < -0.39 is 36.9 Å². The van der Waals surface area contributed by atoms with Crippen molar-refractivity contribution < 1.29 is 35.4 Å². The highest BCUT2D eigenvalue weighted by atomic mass is 16.4. The zero-order valence-electron chi connectivity index (χ0n) is 11.4. The molecule has 1 aromatic rings. The van der Waals surface area contributed by atoms with E-state index in [9.17, 15) is 25.2 Å². The number of benzene rings is 1. The lowest BCUT2D eigenvalue weighted by molar-refractivity contribution is -0.148. The number of phenols is 1. The summed E-state index contributed by atoms with van der Waals surface area (Å²) in [6.07, 6.45) is -6.58. The Kier molecular flexibility index (Phi) is 6.89. The summed E-state index contributed by atoms with van der Waals surface area (Å²) in [5.41, 5.74) is 2.22. The van der Waals surface area contributed by atoms with E-state index in [4.69, 9.17) is 10.2 Å². The number of rotatable bonds is 7. The second-order valence-electron chi connectivity index (χ2n) is 4.47. The van der Waals surface area contributed by atoms with Crippen LogP contribution in [0.5, 0.6) is 5.75 Å². The Hall–Kier alpha value is -2.04. The fourth-order valence-electron chi connectivity index (χ4n) is 1.51. The van der Waals surface area contributed by atoms with Gasteiger partial charge < -0.3 is 30.6 Å². The van der Waals surface area contributed by atoms with Crippen molar-refractivity contribution in [2.75, 3.05) is 6.61 Å². The molecule has 4 unspecified atom stereocenters. The van der Waals surface area contributed by atoms with Crippen molar-refractivity contribution >= 4 is 12.1 Å². The molecular weight excluding hydrogens is 296 g/mol. The molecule has 1 amide bonds. The van der Waals surface area contributed by atoms with Crippen LogP contribution < -0.4 is 5.43 Å². The molecule has 0 aliphatic carbocycles. The summed E-state index contributed by atoms with van der Waals surface area (Å²) in [7, 11) is 0. The van der Waals surface area contributed by atoms with Gasteiger partial charge in [-0.05, 0) is 12.1 Å². The third kappa shape index (κ3) is 4.76. The number of aromatic hydroxyl groups is 1. The second kappa shape index (κ2) is 8.41. The lowest BCUT2D eigenvalue weighted by Gasteiger charge is -2.24. The Morgan fingerprint density at radius 3 is 2.41 bits per heavy atom. The van der Waals surface area contributed by atoms with Gasteiger partial charge in [0.2, 0.25) is 0 Å². The van der Waals surface area contributed by atoms with E-state index in [1.807, 2.05) is 5.43 Å². The van der Waals surface area contributed by atoms with Crippen LogP contribution in [0.3, 0.4) is 0 Å². The molecule has 7 N–H and O–H groups in total. The molecule has 0 aliphatic heterocycles. The summed E-state index contributed by atoms with van der Waals surface area (Å²) in [4.78, 5) is 11.5. The Morgan fingerprint density at radius 1 is 1.18 bits per heavy atom. The molecule has 0 fully saturated rings. The quantitative estimate of drug-likeness (QED) is 0.212. The molecule has 122 valence electrons. The molecule has 0 spiro atoms. The molecule has 1 aromatic carbocycles. The predicted molar refractivity (Wildman–Crippen MR) is 75.0 cm³/mol. The van der Waals surface area contributed by atoms with Crippen molar-refractivity contribution in [1.29, 1.82) is 0 Å². The van der Waals surface area contributed by atoms with Crippen molar-refractivity contribution in [3.8, 4) is 5.75 Å². The number of hydrogen-bond donors (Lipinski definition) is 7. The van der Waals surface area contributed by atoms with Gasteiger partial charge in [-0.1, -0.05) is 12.1 Å². The van der Waals surface area contributed by atoms with Crippen LogP contribution in [0.4, 0.5) is 0 Å². The van der Waals surface area contributed by atoms with Crippen molar-refractivity contribution in [2.24, 2.45) is 5.10 Å². The molecule has 0 aromatic heterocycles. The average Bonchev–Trinajstić information content (AvgIpc) is 2.53. The van der Waals surface area contributed by atoms with Crippen LogP contribution in [0.1, 0.15) is 5.56 Å². The number of hydrazone groups is 1. The molecule has 0 bridgehead atoms. The van der Waals surface area contributed by atoms with E-state index in [0.29, 0.717) is 5.56 Å². The number of hydrogen-bond acceptors (Lipinski definition) is 8. The summed E-state index contributed by atoms with van der Waals surface area (Å²) >= 11 is 0. The second-order valence-corrected chi connectivity index (χ2v) is 4.47. The van der Waals surface area contributed by atoms with E-state index >= 15 is 0 Å². The van der Waals surface area contributed by atoms with Crippen LogP contribution in [0.25, 0.3) is 0 Å². The molecule has 9 heteroatoms. The third-order valence-electron chi connectivity index (χ3n) is 2.84. The number of carbonyl (C=O) groups excluding carboxylic acids is 1. The molecule has 1 rings (SSSR count). The number of nitrogens with one attached hydrogen (secondary N) is 1. The van der Waals surface area contributed by atoms with Gasteiger partial charge in [0.15, 0.2) is 6.10 Å². The zero-order valence-corrected chi connectivity index (χ0v) is 11.4. The Morgan fingerprint density at radius 2 is 1.82 bits per heavy atom. The number of aliphatic hydroxyl groups excluding tert-OH is 5. The molecule has 9 nitrogen and oxygen atoms in total. The number of nitrogens with zero attached hydrogens (tertiary/aromatic N) is 1. The van der Waals surface area contributed by atoms with Crippen LogP contribution in [-0.2, 0) is 4.79 Å². The number of amides is 1. The molecule has 4 atom stereocenters. The largest absolute Gasteiger partial charge is 0.507 e. The Balaban J connectivity index is 2.59. The van der Waals surface area contributed by atoms with Crippen molar-refractivity contribution in [3.05, 3.63) is 29.8 Å². The van der Waals surface area contributed by atoms with E-state index in [-0.39, 0.29) is 5.75 Å². The van der Waals surface area contributed by atoms with Crippen LogP contribution in [0.2, 0.25) is 0 Å². The van der Waals surface area contributed by atoms with Gasteiger partial charge in [-0.25, -0.2) is 5.43 Å². The minimum Gasteiger partial charge on any atom is -0.507 e. The first-order valence-electron chi connectivity index (χ1n) is 6.32. The van der Waals surface area contributed by atoms with Crippen LogP contribution in [0, 0.1) is 0 Å². The molecule has 22 heavy (non-hydrogen) atoms. The minimum atomic E-state index is -2.07. The maximum atomic E-state index is 11.5. The zero-order chi connectivity index (χ0) is 16.7. The first-order valence-corrected chi connectivity index (χ1v) is 6.32. The van der Waals surface area contributed by atoms with Crippen molar-refractivity contribution in [3.63, 3.8) is 0 Å². The number of aliphatic hydroxyl groups is 5. The fourth-order valence-corrected chi connectivity index (χ4v) is 1.51. The number of para-hydroxylation sites is 1. The van der Waals surface area contributed by atoms with Crippen molar-refractivity contribution in [2.45, 2.75) is 24.4 Å². The average molecular weight is 314 g/mol. The summed E-state index contributed by atoms with van der Waals surface area (Å²) in [5.74, 6) is -1.20. The Bertz CT molecular complexity index is 523. The number of phenolic OH excluding ortho intramolecular Hbond substituents is 1. The number of carbonyl (C=O) groups is 1. The topological polar surface area (TPSA) is 163 Å². The normalized spacial score (nSPS) is 17.0. The SMILES string of the molecule is O=C(N/N=C/c1ccccc1O)C(O)C(O)C(O)C(O)CO. The molecule has 0 radical (unpaired) electrons. The lowest BCUT2D eigenvalue weighted by atomic mass is 10.0. The summed E-state index contributed by atoms with van der Waals surface area (Å²) in [6.45, 7) is -0.849. The van der Waals surface area contributed by atoms with Gasteiger partial charge in [-0.3, -0.25) is 4.79 Å². The molecule has 0 saturated heterocycles. The summed E-state index contributed by atoms with van der Waals surface area (Å²) in [5, 5.41) is 59.1. The summed E-state index contributed by atoms with van der Waals surface area (Å²) < 4.78 is 0. The minimum absolute atomic E-state index is 0.0671. The van der Waals surface area contributed by atoms with Gasteiger partial charge in [-0.15, -0.1) is 0 Å². The molecule has 0 saturated carbocycles. The first kappa shape index (κ1) is 18.0. The first-order chi connectivity index (χ1) is 10.4. The van der Waals surface area contributed by atoms with E-state index in [1.54, 1.807) is 12.1 Å². The smallest absolute Gasteiger partial charge is 0.271 e. The third-order valence-corrected chi connectivity index (χ3v) is 2.84. The van der Waals surface area contributed by atoms with E-state index in [1.165, 1.54) is 12.1 Å². The maximum absolute atomic E-state index is 11.5. The molecule has 0 heterocycles. The standard InChI is InChI=1S/C13H18N2O7/c16-6-9(18)10(19)11(20)12(21)13(22)15-14-5-7-3-1-2-4-8(7)17/h1-5,9-12,16-21H,6H2,(H,15,22)/b14-5+. The van der Waals surface area contributed by atoms with Gasteiger partial charge in [0.05, 0.1) is 12.8 Å². The monoisotopic (exact) mass is 314 g/mol. The van der Waals surface area contributed by atoms with Crippen LogP contribution in [-0.4, -0.2) is 73.8 Å².